The third-order valence-electron chi connectivity index (χ3n) is 2.71. The SMILES string of the molecule is COc1ccc(Cl)cc1COc1cccc(F)c1C#N. The van der Waals surface area contributed by atoms with Crippen LogP contribution in [-0.4, -0.2) is 7.11 Å². The molecule has 2 aromatic carbocycles. The molecule has 2 rings (SSSR count). The minimum atomic E-state index is -0.608. The van der Waals surface area contributed by atoms with E-state index in [-0.39, 0.29) is 17.9 Å². The lowest BCUT2D eigenvalue weighted by Crippen LogP contribution is -2.01. The van der Waals surface area contributed by atoms with Crippen LogP contribution in [0, 0.1) is 17.1 Å². The summed E-state index contributed by atoms with van der Waals surface area (Å²) in [7, 11) is 1.54. The number of hydrogen-bond acceptors (Lipinski definition) is 3. The molecule has 0 aromatic heterocycles. The predicted octanol–water partition coefficient (Wildman–Crippen LogP) is 3.94. The van der Waals surface area contributed by atoms with Crippen molar-refractivity contribution in [3.8, 4) is 17.6 Å². The molecule has 0 spiro atoms. The first-order chi connectivity index (χ1) is 9.65. The van der Waals surface area contributed by atoms with E-state index in [4.69, 9.17) is 26.3 Å². The predicted molar refractivity (Wildman–Crippen MR) is 73.5 cm³/mol. The molecule has 0 fully saturated rings. The van der Waals surface area contributed by atoms with Crippen molar-refractivity contribution in [1.29, 1.82) is 5.26 Å². The van der Waals surface area contributed by atoms with Gasteiger partial charge in [-0.2, -0.15) is 5.26 Å². The number of halogens is 2. The molecule has 0 aliphatic carbocycles. The Balaban J connectivity index is 2.24. The van der Waals surface area contributed by atoms with Gasteiger partial charge in [-0.1, -0.05) is 17.7 Å². The van der Waals surface area contributed by atoms with Crippen LogP contribution in [0.3, 0.4) is 0 Å². The summed E-state index contributed by atoms with van der Waals surface area (Å²) in [6.07, 6.45) is 0. The van der Waals surface area contributed by atoms with Gasteiger partial charge in [0.1, 0.15) is 35.6 Å². The highest BCUT2D eigenvalue weighted by molar-refractivity contribution is 6.30. The quantitative estimate of drug-likeness (QED) is 0.857. The molecule has 5 heteroatoms. The summed E-state index contributed by atoms with van der Waals surface area (Å²) in [6, 6.07) is 11.1. The van der Waals surface area contributed by atoms with Crippen LogP contribution in [0.1, 0.15) is 11.1 Å². The summed E-state index contributed by atoms with van der Waals surface area (Å²) in [6.45, 7) is 0.127. The second kappa shape index (κ2) is 6.27. The van der Waals surface area contributed by atoms with Crippen LogP contribution in [-0.2, 0) is 6.61 Å². The Morgan fingerprint density at radius 1 is 1.25 bits per heavy atom. The summed E-state index contributed by atoms with van der Waals surface area (Å²) in [5.41, 5.74) is 0.599. The lowest BCUT2D eigenvalue weighted by Gasteiger charge is -2.11. The zero-order chi connectivity index (χ0) is 14.5. The van der Waals surface area contributed by atoms with Crippen molar-refractivity contribution in [2.24, 2.45) is 0 Å². The van der Waals surface area contributed by atoms with E-state index in [0.29, 0.717) is 16.3 Å². The maximum absolute atomic E-state index is 13.4. The summed E-state index contributed by atoms with van der Waals surface area (Å²) in [5.74, 6) is 0.196. The maximum Gasteiger partial charge on any atom is 0.144 e. The number of benzene rings is 2. The number of ether oxygens (including phenoxy) is 2. The summed E-state index contributed by atoms with van der Waals surface area (Å²) in [4.78, 5) is 0. The number of rotatable bonds is 4. The second-order valence-electron chi connectivity index (χ2n) is 3.97. The average molecular weight is 292 g/mol. The van der Waals surface area contributed by atoms with Crippen molar-refractivity contribution in [2.75, 3.05) is 7.11 Å². The van der Waals surface area contributed by atoms with E-state index in [1.165, 1.54) is 19.2 Å². The Labute approximate surface area is 121 Å². The molecule has 0 atom stereocenters. The van der Waals surface area contributed by atoms with Crippen molar-refractivity contribution in [1.82, 2.24) is 0 Å². The zero-order valence-electron chi connectivity index (χ0n) is 10.7. The third-order valence-corrected chi connectivity index (χ3v) is 2.95. The molecule has 0 saturated heterocycles. The van der Waals surface area contributed by atoms with E-state index >= 15 is 0 Å². The minimum absolute atomic E-state index is 0.117. The molecular weight excluding hydrogens is 281 g/mol. The fourth-order valence-corrected chi connectivity index (χ4v) is 1.94. The molecule has 2 aromatic rings. The van der Waals surface area contributed by atoms with Gasteiger partial charge in [0.2, 0.25) is 0 Å². The molecule has 0 amide bonds. The van der Waals surface area contributed by atoms with E-state index in [9.17, 15) is 4.39 Å². The highest BCUT2D eigenvalue weighted by atomic mass is 35.5. The van der Waals surface area contributed by atoms with E-state index < -0.39 is 5.82 Å². The van der Waals surface area contributed by atoms with Crippen LogP contribution in [0.25, 0.3) is 0 Å². The Kier molecular flexibility index (Phi) is 4.44. The molecule has 0 saturated carbocycles. The first-order valence-electron chi connectivity index (χ1n) is 5.79. The molecule has 102 valence electrons. The highest BCUT2D eigenvalue weighted by Gasteiger charge is 2.10. The Hall–Kier alpha value is -2.25. The molecule has 0 radical (unpaired) electrons. The van der Waals surface area contributed by atoms with Crippen molar-refractivity contribution >= 4 is 11.6 Å². The van der Waals surface area contributed by atoms with E-state index in [2.05, 4.69) is 0 Å². The zero-order valence-corrected chi connectivity index (χ0v) is 11.4. The van der Waals surface area contributed by atoms with E-state index in [0.717, 1.165) is 0 Å². The van der Waals surface area contributed by atoms with Gasteiger partial charge in [-0.3, -0.25) is 0 Å². The molecule has 0 aliphatic rings. The van der Waals surface area contributed by atoms with Gasteiger partial charge in [-0.25, -0.2) is 4.39 Å². The van der Waals surface area contributed by atoms with Gasteiger partial charge >= 0.3 is 0 Å². The van der Waals surface area contributed by atoms with Crippen molar-refractivity contribution in [2.45, 2.75) is 6.61 Å². The van der Waals surface area contributed by atoms with Crippen LogP contribution in [0.4, 0.5) is 4.39 Å². The van der Waals surface area contributed by atoms with Crippen molar-refractivity contribution in [3.05, 3.63) is 58.4 Å². The topological polar surface area (TPSA) is 42.2 Å². The van der Waals surface area contributed by atoms with Crippen LogP contribution >= 0.6 is 11.6 Å². The van der Waals surface area contributed by atoms with Crippen LogP contribution in [0.5, 0.6) is 11.5 Å². The van der Waals surface area contributed by atoms with Crippen LogP contribution in [0.15, 0.2) is 36.4 Å². The van der Waals surface area contributed by atoms with Gasteiger partial charge in [-0.15, -0.1) is 0 Å². The summed E-state index contributed by atoms with van der Waals surface area (Å²) < 4.78 is 24.1. The monoisotopic (exact) mass is 291 g/mol. The largest absolute Gasteiger partial charge is 0.496 e. The van der Waals surface area contributed by atoms with Crippen molar-refractivity contribution < 1.29 is 13.9 Å². The Bertz CT molecular complexity index is 667. The fourth-order valence-electron chi connectivity index (χ4n) is 1.75. The first-order valence-corrected chi connectivity index (χ1v) is 6.17. The van der Waals surface area contributed by atoms with Gasteiger partial charge < -0.3 is 9.47 Å². The Morgan fingerprint density at radius 3 is 2.75 bits per heavy atom. The molecule has 0 unspecified atom stereocenters. The highest BCUT2D eigenvalue weighted by Crippen LogP contribution is 2.26. The van der Waals surface area contributed by atoms with E-state index in [1.54, 1.807) is 30.3 Å². The first kappa shape index (κ1) is 14.2. The number of methoxy groups -OCH3 is 1. The van der Waals surface area contributed by atoms with Crippen LogP contribution < -0.4 is 9.47 Å². The number of hydrogen-bond donors (Lipinski definition) is 0. The fraction of sp³-hybridized carbons (Fsp3) is 0.133. The summed E-state index contributed by atoms with van der Waals surface area (Å²) in [5, 5.41) is 9.47. The lowest BCUT2D eigenvalue weighted by molar-refractivity contribution is 0.294. The van der Waals surface area contributed by atoms with Crippen LogP contribution in [0.2, 0.25) is 5.02 Å². The lowest BCUT2D eigenvalue weighted by atomic mass is 10.2. The van der Waals surface area contributed by atoms with Gasteiger partial charge in [0.15, 0.2) is 0 Å². The smallest absolute Gasteiger partial charge is 0.144 e. The summed E-state index contributed by atoms with van der Waals surface area (Å²) >= 11 is 5.92. The average Bonchev–Trinajstić information content (AvgIpc) is 2.45. The molecule has 0 aliphatic heterocycles. The molecule has 0 heterocycles. The number of nitriles is 1. The third kappa shape index (κ3) is 3.01. The number of nitrogens with zero attached hydrogens (tertiary/aromatic N) is 1. The van der Waals surface area contributed by atoms with E-state index in [1.807, 2.05) is 0 Å². The van der Waals surface area contributed by atoms with Crippen molar-refractivity contribution in [3.63, 3.8) is 0 Å². The normalized spacial score (nSPS) is 9.90. The van der Waals surface area contributed by atoms with Gasteiger partial charge in [0.25, 0.3) is 0 Å². The minimum Gasteiger partial charge on any atom is -0.496 e. The molecule has 3 nitrogen and oxygen atoms in total. The molecule has 0 N–H and O–H groups in total. The molecule has 0 bridgehead atoms. The standard InChI is InChI=1S/C15H11ClFNO2/c1-19-14-6-5-11(16)7-10(14)9-20-15-4-2-3-13(17)12(15)8-18/h2-7H,9H2,1H3. The van der Waals surface area contributed by atoms with Gasteiger partial charge in [-0.05, 0) is 30.3 Å². The van der Waals surface area contributed by atoms with Gasteiger partial charge in [0.05, 0.1) is 7.11 Å². The maximum atomic E-state index is 13.4. The molecular formula is C15H11ClFNO2. The second-order valence-corrected chi connectivity index (χ2v) is 4.41. The van der Waals surface area contributed by atoms with Gasteiger partial charge in [0, 0.05) is 10.6 Å². The Morgan fingerprint density at radius 2 is 2.05 bits per heavy atom. The molecule has 20 heavy (non-hydrogen) atoms.